The molecule has 1 saturated heterocycles. The number of aliphatic hydroxyl groups is 1. The number of benzene rings is 2. The van der Waals surface area contributed by atoms with E-state index in [2.05, 4.69) is 43.3 Å². The van der Waals surface area contributed by atoms with Crippen molar-refractivity contribution in [1.29, 1.82) is 0 Å². The molecule has 1 fully saturated rings. The molecular formula is C25H32O4. The Hall–Kier alpha value is -1.88. The van der Waals surface area contributed by atoms with Crippen LogP contribution in [0, 0.1) is 0 Å². The Morgan fingerprint density at radius 2 is 1.97 bits per heavy atom. The standard InChI is InChI=1S/C25H32O4/c1-3-18-8-9-20(24-15-22(26)16-25(27-2)29-24)14-21(18)13-17-7-10-23-19(12-17)6-4-5-11-28-23/h7-10,12,14,22,24-26H,3-6,11,13,15-16H2,1-2H3. The van der Waals surface area contributed by atoms with Crippen molar-refractivity contribution in [3.05, 3.63) is 64.2 Å². The molecule has 2 heterocycles. The van der Waals surface area contributed by atoms with Crippen LogP contribution in [0.1, 0.15) is 66.5 Å². The van der Waals surface area contributed by atoms with Gasteiger partial charge in [-0.05, 0) is 66.0 Å². The molecule has 29 heavy (non-hydrogen) atoms. The van der Waals surface area contributed by atoms with E-state index < -0.39 is 6.10 Å². The fraction of sp³-hybridized carbons (Fsp3) is 0.520. The molecule has 0 spiro atoms. The third-order valence-corrected chi connectivity index (χ3v) is 6.13. The van der Waals surface area contributed by atoms with E-state index in [1.165, 1.54) is 28.7 Å². The summed E-state index contributed by atoms with van der Waals surface area (Å²) in [5, 5.41) is 10.2. The van der Waals surface area contributed by atoms with Crippen molar-refractivity contribution in [3.8, 4) is 5.75 Å². The number of hydrogen-bond acceptors (Lipinski definition) is 4. The average Bonchev–Trinajstić information content (AvgIpc) is 2.98. The minimum atomic E-state index is -0.391. The summed E-state index contributed by atoms with van der Waals surface area (Å²) in [6, 6.07) is 13.3. The normalized spacial score (nSPS) is 24.4. The molecule has 0 bridgehead atoms. The second kappa shape index (κ2) is 9.29. The van der Waals surface area contributed by atoms with Gasteiger partial charge in [-0.25, -0.2) is 0 Å². The van der Waals surface area contributed by atoms with Gasteiger partial charge in [-0.15, -0.1) is 0 Å². The number of rotatable bonds is 5. The minimum absolute atomic E-state index is 0.131. The van der Waals surface area contributed by atoms with E-state index in [-0.39, 0.29) is 12.4 Å². The molecule has 4 heteroatoms. The van der Waals surface area contributed by atoms with Crippen LogP contribution in [0.15, 0.2) is 36.4 Å². The van der Waals surface area contributed by atoms with Gasteiger partial charge in [0.2, 0.25) is 0 Å². The van der Waals surface area contributed by atoms with E-state index in [0.29, 0.717) is 12.8 Å². The lowest BCUT2D eigenvalue weighted by atomic mass is 9.91. The van der Waals surface area contributed by atoms with E-state index in [1.54, 1.807) is 7.11 Å². The van der Waals surface area contributed by atoms with Crippen molar-refractivity contribution in [2.75, 3.05) is 13.7 Å². The van der Waals surface area contributed by atoms with Gasteiger partial charge in [-0.1, -0.05) is 37.3 Å². The zero-order valence-corrected chi connectivity index (χ0v) is 17.5. The van der Waals surface area contributed by atoms with Crippen molar-refractivity contribution >= 4 is 0 Å². The fourth-order valence-electron chi connectivity index (χ4n) is 4.48. The third-order valence-electron chi connectivity index (χ3n) is 6.13. The van der Waals surface area contributed by atoms with Gasteiger partial charge in [-0.3, -0.25) is 0 Å². The molecule has 4 rings (SSSR count). The van der Waals surface area contributed by atoms with Crippen molar-refractivity contribution in [3.63, 3.8) is 0 Å². The lowest BCUT2D eigenvalue weighted by Crippen LogP contribution is -2.32. The Balaban J connectivity index is 1.58. The van der Waals surface area contributed by atoms with Gasteiger partial charge < -0.3 is 19.3 Å². The molecule has 1 N–H and O–H groups in total. The first-order valence-corrected chi connectivity index (χ1v) is 10.9. The van der Waals surface area contributed by atoms with Crippen LogP contribution in [0.3, 0.4) is 0 Å². The Morgan fingerprint density at radius 1 is 1.07 bits per heavy atom. The molecule has 3 unspecified atom stereocenters. The first-order chi connectivity index (χ1) is 14.2. The maximum Gasteiger partial charge on any atom is 0.160 e. The largest absolute Gasteiger partial charge is 0.493 e. The van der Waals surface area contributed by atoms with E-state index in [9.17, 15) is 5.11 Å². The van der Waals surface area contributed by atoms with Crippen molar-refractivity contribution in [2.24, 2.45) is 0 Å². The topological polar surface area (TPSA) is 47.9 Å². The summed E-state index contributed by atoms with van der Waals surface area (Å²) in [5.41, 5.74) is 6.46. The summed E-state index contributed by atoms with van der Waals surface area (Å²) in [4.78, 5) is 0. The Labute approximate surface area is 173 Å². The first-order valence-electron chi connectivity index (χ1n) is 10.9. The SMILES string of the molecule is CCc1ccc(C2CC(O)CC(OC)O2)cc1Cc1ccc2c(c1)CCCCO2. The summed E-state index contributed by atoms with van der Waals surface area (Å²) in [6.45, 7) is 3.02. The maximum absolute atomic E-state index is 10.2. The van der Waals surface area contributed by atoms with Gasteiger partial charge in [0.1, 0.15) is 5.75 Å². The highest BCUT2D eigenvalue weighted by molar-refractivity contribution is 5.42. The molecule has 2 aliphatic heterocycles. The van der Waals surface area contributed by atoms with Gasteiger partial charge in [-0.2, -0.15) is 0 Å². The van der Waals surface area contributed by atoms with E-state index in [1.807, 2.05) is 0 Å². The van der Waals surface area contributed by atoms with Crippen LogP contribution < -0.4 is 4.74 Å². The van der Waals surface area contributed by atoms with Crippen molar-refractivity contribution in [1.82, 2.24) is 0 Å². The molecule has 156 valence electrons. The molecule has 3 atom stereocenters. The Kier molecular flexibility index (Phi) is 6.53. The molecule has 4 nitrogen and oxygen atoms in total. The quantitative estimate of drug-likeness (QED) is 0.793. The molecular weight excluding hydrogens is 364 g/mol. The van der Waals surface area contributed by atoms with Crippen LogP contribution in [0.5, 0.6) is 5.75 Å². The fourth-order valence-corrected chi connectivity index (χ4v) is 4.48. The summed E-state index contributed by atoms with van der Waals surface area (Å²) in [7, 11) is 1.63. The molecule has 2 aliphatic rings. The molecule has 0 aromatic heterocycles. The second-order valence-electron chi connectivity index (χ2n) is 8.22. The highest BCUT2D eigenvalue weighted by atomic mass is 16.7. The van der Waals surface area contributed by atoms with Crippen LogP contribution in [-0.4, -0.2) is 31.2 Å². The van der Waals surface area contributed by atoms with Crippen molar-refractivity contribution < 1.29 is 19.3 Å². The first kappa shape index (κ1) is 20.4. The second-order valence-corrected chi connectivity index (χ2v) is 8.22. The van der Waals surface area contributed by atoms with Gasteiger partial charge in [0, 0.05) is 20.0 Å². The predicted molar refractivity (Wildman–Crippen MR) is 113 cm³/mol. The predicted octanol–water partition coefficient (Wildman–Crippen LogP) is 4.74. The summed E-state index contributed by atoms with van der Waals surface area (Å²) in [5.74, 6) is 1.05. The minimum Gasteiger partial charge on any atom is -0.493 e. The van der Waals surface area contributed by atoms with Crippen LogP contribution in [0.2, 0.25) is 0 Å². The van der Waals surface area contributed by atoms with Gasteiger partial charge in [0.15, 0.2) is 6.29 Å². The lowest BCUT2D eigenvalue weighted by Gasteiger charge is -2.32. The number of methoxy groups -OCH3 is 1. The van der Waals surface area contributed by atoms with E-state index in [0.717, 1.165) is 43.6 Å². The van der Waals surface area contributed by atoms with E-state index >= 15 is 0 Å². The lowest BCUT2D eigenvalue weighted by molar-refractivity contribution is -0.205. The summed E-state index contributed by atoms with van der Waals surface area (Å²) < 4.78 is 17.3. The third kappa shape index (κ3) is 4.82. The number of aryl methyl sites for hydroxylation is 2. The monoisotopic (exact) mass is 396 g/mol. The Morgan fingerprint density at radius 3 is 2.79 bits per heavy atom. The Bertz CT molecular complexity index is 832. The van der Waals surface area contributed by atoms with Gasteiger partial charge in [0.05, 0.1) is 18.8 Å². The molecule has 2 aromatic rings. The number of fused-ring (bicyclic) bond motifs is 1. The van der Waals surface area contributed by atoms with Gasteiger partial charge in [0.25, 0.3) is 0 Å². The number of ether oxygens (including phenoxy) is 3. The molecule has 0 amide bonds. The number of aliphatic hydroxyl groups excluding tert-OH is 1. The molecule has 2 aromatic carbocycles. The van der Waals surface area contributed by atoms with Crippen LogP contribution in [-0.2, 0) is 28.7 Å². The zero-order valence-electron chi connectivity index (χ0n) is 17.5. The average molecular weight is 397 g/mol. The smallest absolute Gasteiger partial charge is 0.160 e. The maximum atomic E-state index is 10.2. The molecule has 0 aliphatic carbocycles. The highest BCUT2D eigenvalue weighted by Crippen LogP contribution is 2.34. The summed E-state index contributed by atoms with van der Waals surface area (Å²) >= 11 is 0. The van der Waals surface area contributed by atoms with Gasteiger partial charge >= 0.3 is 0 Å². The molecule has 0 saturated carbocycles. The van der Waals surface area contributed by atoms with Crippen LogP contribution in [0.4, 0.5) is 0 Å². The summed E-state index contributed by atoms with van der Waals surface area (Å²) in [6.07, 6.45) is 5.58. The van der Waals surface area contributed by atoms with E-state index in [4.69, 9.17) is 14.2 Å². The van der Waals surface area contributed by atoms with Crippen LogP contribution in [0.25, 0.3) is 0 Å². The van der Waals surface area contributed by atoms with Crippen molar-refractivity contribution in [2.45, 2.75) is 70.4 Å². The zero-order chi connectivity index (χ0) is 20.2. The number of hydrogen-bond donors (Lipinski definition) is 1. The highest BCUT2D eigenvalue weighted by Gasteiger charge is 2.29. The molecule has 0 radical (unpaired) electrons. The van der Waals surface area contributed by atoms with Crippen LogP contribution >= 0.6 is 0 Å².